The van der Waals surface area contributed by atoms with Gasteiger partial charge in [-0.15, -0.1) is 0 Å². The van der Waals surface area contributed by atoms with E-state index in [2.05, 4.69) is 10.4 Å². The molecule has 1 saturated carbocycles. The summed E-state index contributed by atoms with van der Waals surface area (Å²) in [5, 5.41) is 18.7. The molecule has 6 nitrogen and oxygen atoms in total. The maximum absolute atomic E-state index is 11.0. The van der Waals surface area contributed by atoms with E-state index < -0.39 is 0 Å². The van der Waals surface area contributed by atoms with E-state index in [9.17, 15) is 10.1 Å². The van der Waals surface area contributed by atoms with E-state index in [0.717, 1.165) is 38.8 Å². The predicted octanol–water partition coefficient (Wildman–Crippen LogP) is 1.59. The molecule has 2 fully saturated rings. The molecule has 1 aliphatic heterocycles. The van der Waals surface area contributed by atoms with Crippen LogP contribution in [0.1, 0.15) is 43.3 Å². The van der Waals surface area contributed by atoms with Crippen LogP contribution in [0.2, 0.25) is 0 Å². The van der Waals surface area contributed by atoms with Gasteiger partial charge in [-0.05, 0) is 38.8 Å². The number of nitro groups is 1. The van der Waals surface area contributed by atoms with Crippen molar-refractivity contribution in [3.05, 3.63) is 22.0 Å². The van der Waals surface area contributed by atoms with E-state index in [1.54, 1.807) is 6.20 Å². The molecule has 1 saturated heterocycles. The van der Waals surface area contributed by atoms with E-state index in [1.807, 2.05) is 4.68 Å². The molecule has 1 aromatic rings. The molecule has 0 bridgehead atoms. The van der Waals surface area contributed by atoms with Crippen molar-refractivity contribution >= 4 is 5.69 Å². The van der Waals surface area contributed by atoms with Crippen LogP contribution >= 0.6 is 0 Å². The van der Waals surface area contributed by atoms with Gasteiger partial charge in [0.05, 0.1) is 11.0 Å². The van der Waals surface area contributed by atoms with E-state index in [-0.39, 0.29) is 10.6 Å². The summed E-state index contributed by atoms with van der Waals surface area (Å²) in [6.07, 6.45) is 5.73. The Bertz CT molecular complexity index is 433. The smallest absolute Gasteiger partial charge is 0.310 e. The molecule has 17 heavy (non-hydrogen) atoms. The van der Waals surface area contributed by atoms with Crippen molar-refractivity contribution in [2.75, 3.05) is 13.1 Å². The SMILES string of the molecule is O=[N+]([O-])c1cn(C2CCNCC2)nc1C1CC1. The van der Waals surface area contributed by atoms with Crippen LogP contribution in [-0.2, 0) is 0 Å². The average Bonchev–Trinajstić information content (AvgIpc) is 3.09. The van der Waals surface area contributed by atoms with Gasteiger partial charge in [-0.2, -0.15) is 5.10 Å². The van der Waals surface area contributed by atoms with Crippen LogP contribution in [0.4, 0.5) is 5.69 Å². The fourth-order valence-corrected chi connectivity index (χ4v) is 2.44. The lowest BCUT2D eigenvalue weighted by atomic mass is 10.1. The Balaban J connectivity index is 1.89. The van der Waals surface area contributed by atoms with Crippen molar-refractivity contribution < 1.29 is 4.92 Å². The van der Waals surface area contributed by atoms with Gasteiger partial charge in [0.2, 0.25) is 0 Å². The molecule has 6 heteroatoms. The van der Waals surface area contributed by atoms with Crippen LogP contribution in [0.15, 0.2) is 6.20 Å². The summed E-state index contributed by atoms with van der Waals surface area (Å²) in [5.41, 5.74) is 0.916. The van der Waals surface area contributed by atoms with E-state index in [0.29, 0.717) is 17.7 Å². The van der Waals surface area contributed by atoms with Gasteiger partial charge >= 0.3 is 5.69 Å². The molecule has 2 aliphatic rings. The molecule has 0 radical (unpaired) electrons. The van der Waals surface area contributed by atoms with Crippen LogP contribution in [0.5, 0.6) is 0 Å². The molecule has 0 aromatic carbocycles. The molecule has 0 amide bonds. The number of hydrogen-bond acceptors (Lipinski definition) is 4. The lowest BCUT2D eigenvalue weighted by molar-refractivity contribution is -0.385. The molecule has 1 aliphatic carbocycles. The zero-order chi connectivity index (χ0) is 11.8. The highest BCUT2D eigenvalue weighted by Crippen LogP contribution is 2.43. The second-order valence-electron chi connectivity index (χ2n) is 4.89. The fraction of sp³-hybridized carbons (Fsp3) is 0.727. The normalized spacial score (nSPS) is 21.6. The first kappa shape index (κ1) is 10.7. The van der Waals surface area contributed by atoms with Crippen LogP contribution in [0, 0.1) is 10.1 Å². The quantitative estimate of drug-likeness (QED) is 0.639. The second-order valence-corrected chi connectivity index (χ2v) is 4.89. The minimum Gasteiger partial charge on any atom is -0.317 e. The van der Waals surface area contributed by atoms with Crippen molar-refractivity contribution in [2.45, 2.75) is 37.6 Å². The number of nitrogens with one attached hydrogen (secondary N) is 1. The maximum Gasteiger partial charge on any atom is 0.310 e. The molecule has 2 heterocycles. The summed E-state index contributed by atoms with van der Waals surface area (Å²) >= 11 is 0. The number of aromatic nitrogens is 2. The van der Waals surface area contributed by atoms with Crippen molar-refractivity contribution in [3.63, 3.8) is 0 Å². The van der Waals surface area contributed by atoms with Gasteiger partial charge < -0.3 is 5.32 Å². The van der Waals surface area contributed by atoms with Gasteiger partial charge in [-0.1, -0.05) is 0 Å². The zero-order valence-electron chi connectivity index (χ0n) is 9.63. The highest BCUT2D eigenvalue weighted by molar-refractivity contribution is 5.37. The Morgan fingerprint density at radius 3 is 2.65 bits per heavy atom. The fourth-order valence-electron chi connectivity index (χ4n) is 2.44. The maximum atomic E-state index is 11.0. The topological polar surface area (TPSA) is 73.0 Å². The second kappa shape index (κ2) is 4.10. The lowest BCUT2D eigenvalue weighted by Gasteiger charge is -2.22. The van der Waals surface area contributed by atoms with Gasteiger partial charge in [0.25, 0.3) is 0 Å². The van der Waals surface area contributed by atoms with E-state index in [4.69, 9.17) is 0 Å². The number of rotatable bonds is 3. The molecule has 1 N–H and O–H groups in total. The summed E-state index contributed by atoms with van der Waals surface area (Å²) in [5.74, 6) is 0.332. The Hall–Kier alpha value is -1.43. The van der Waals surface area contributed by atoms with Crippen LogP contribution < -0.4 is 5.32 Å². The van der Waals surface area contributed by atoms with E-state index in [1.165, 1.54) is 0 Å². The van der Waals surface area contributed by atoms with Crippen LogP contribution in [0.25, 0.3) is 0 Å². The van der Waals surface area contributed by atoms with E-state index >= 15 is 0 Å². The molecular weight excluding hydrogens is 220 g/mol. The summed E-state index contributed by atoms with van der Waals surface area (Å²) < 4.78 is 1.83. The van der Waals surface area contributed by atoms with Gasteiger partial charge in [0.1, 0.15) is 11.9 Å². The average molecular weight is 236 g/mol. The Morgan fingerprint density at radius 1 is 1.35 bits per heavy atom. The number of hydrogen-bond donors (Lipinski definition) is 1. The summed E-state index contributed by atoms with van der Waals surface area (Å²) in [7, 11) is 0. The van der Waals surface area contributed by atoms with Crippen molar-refractivity contribution in [2.24, 2.45) is 0 Å². The highest BCUT2D eigenvalue weighted by atomic mass is 16.6. The van der Waals surface area contributed by atoms with Crippen LogP contribution in [-0.4, -0.2) is 27.8 Å². The first-order valence-corrected chi connectivity index (χ1v) is 6.20. The standard InChI is InChI=1S/C11H16N4O2/c16-15(17)10-7-14(9-3-5-12-6-4-9)13-11(10)8-1-2-8/h7-9,12H,1-6H2. The minimum atomic E-state index is -0.293. The lowest BCUT2D eigenvalue weighted by Crippen LogP contribution is -2.29. The van der Waals surface area contributed by atoms with Gasteiger partial charge in [0, 0.05) is 5.92 Å². The zero-order valence-corrected chi connectivity index (χ0v) is 9.63. The van der Waals surface area contributed by atoms with Crippen molar-refractivity contribution in [3.8, 4) is 0 Å². The molecule has 0 spiro atoms. The van der Waals surface area contributed by atoms with Gasteiger partial charge in [0.15, 0.2) is 0 Å². The minimum absolute atomic E-state index is 0.214. The Labute approximate surface area is 99.1 Å². The van der Waals surface area contributed by atoms with Gasteiger partial charge in [-0.3, -0.25) is 14.8 Å². The Morgan fingerprint density at radius 2 is 2.06 bits per heavy atom. The Kier molecular flexibility index (Phi) is 2.58. The molecule has 0 atom stereocenters. The van der Waals surface area contributed by atoms with Crippen LogP contribution in [0.3, 0.4) is 0 Å². The summed E-state index contributed by atoms with van der Waals surface area (Å²) in [4.78, 5) is 10.7. The first-order chi connectivity index (χ1) is 8.25. The molecule has 3 rings (SSSR count). The third-order valence-corrected chi connectivity index (χ3v) is 3.58. The monoisotopic (exact) mass is 236 g/mol. The first-order valence-electron chi connectivity index (χ1n) is 6.20. The number of piperidine rings is 1. The largest absolute Gasteiger partial charge is 0.317 e. The molecule has 1 aromatic heterocycles. The summed E-state index contributed by atoms with van der Waals surface area (Å²) in [6, 6.07) is 0.322. The molecule has 92 valence electrons. The predicted molar refractivity (Wildman–Crippen MR) is 62.0 cm³/mol. The highest BCUT2D eigenvalue weighted by Gasteiger charge is 2.35. The summed E-state index contributed by atoms with van der Waals surface area (Å²) in [6.45, 7) is 1.94. The van der Waals surface area contributed by atoms with Gasteiger partial charge in [-0.25, -0.2) is 0 Å². The third kappa shape index (κ3) is 2.04. The number of nitrogens with zero attached hydrogens (tertiary/aromatic N) is 3. The van der Waals surface area contributed by atoms with Crippen molar-refractivity contribution in [1.82, 2.24) is 15.1 Å². The molecule has 0 unspecified atom stereocenters. The van der Waals surface area contributed by atoms with Crippen molar-refractivity contribution in [1.29, 1.82) is 0 Å². The molecular formula is C11H16N4O2. The third-order valence-electron chi connectivity index (χ3n) is 3.58.